The zero-order valence-corrected chi connectivity index (χ0v) is 14.1. The van der Waals surface area contributed by atoms with Crippen molar-refractivity contribution >= 4 is 0 Å². The predicted octanol–water partition coefficient (Wildman–Crippen LogP) is 5.03. The van der Waals surface area contributed by atoms with Gasteiger partial charge in [0.2, 0.25) is 0 Å². The third-order valence-electron chi connectivity index (χ3n) is 3.57. The van der Waals surface area contributed by atoms with Crippen LogP contribution in [0.2, 0.25) is 0 Å². The Labute approximate surface area is 124 Å². The molecule has 0 saturated carbocycles. The molecule has 0 spiro atoms. The first kappa shape index (κ1) is 17.0. The van der Waals surface area contributed by atoms with Crippen molar-refractivity contribution in [1.82, 2.24) is 0 Å². The Morgan fingerprint density at radius 2 is 1.45 bits per heavy atom. The molecule has 0 heterocycles. The Balaban J connectivity index is 2.47. The third-order valence-corrected chi connectivity index (χ3v) is 3.57. The van der Waals surface area contributed by atoms with Crippen LogP contribution in [-0.2, 0) is 4.74 Å². The second kappa shape index (κ2) is 6.62. The molecule has 0 fully saturated rings. The fourth-order valence-corrected chi connectivity index (χ4v) is 1.86. The van der Waals surface area contributed by atoms with Gasteiger partial charge >= 0.3 is 0 Å². The summed E-state index contributed by atoms with van der Waals surface area (Å²) in [6.07, 6.45) is 0. The van der Waals surface area contributed by atoms with Crippen molar-refractivity contribution < 1.29 is 9.47 Å². The molecule has 1 rings (SSSR count). The summed E-state index contributed by atoms with van der Waals surface area (Å²) in [6.45, 7) is 16.4. The van der Waals surface area contributed by atoms with Crippen LogP contribution in [0.25, 0.3) is 0 Å². The normalized spacial score (nSPS) is 14.2. The van der Waals surface area contributed by atoms with Crippen LogP contribution >= 0.6 is 0 Å². The Morgan fingerprint density at radius 3 is 1.90 bits per heavy atom. The minimum atomic E-state index is -0.102. The first-order chi connectivity index (χ1) is 9.09. The minimum absolute atomic E-state index is 0.102. The lowest BCUT2D eigenvalue weighted by molar-refractivity contribution is -0.0163. The lowest BCUT2D eigenvalue weighted by Gasteiger charge is -2.27. The summed E-state index contributed by atoms with van der Waals surface area (Å²) in [6, 6.07) is 8.43. The van der Waals surface area contributed by atoms with Crippen molar-refractivity contribution in [2.45, 2.75) is 60.0 Å². The zero-order valence-electron chi connectivity index (χ0n) is 14.1. The van der Waals surface area contributed by atoms with Crippen LogP contribution in [0.4, 0.5) is 0 Å². The van der Waals surface area contributed by atoms with E-state index in [1.807, 2.05) is 0 Å². The highest BCUT2D eigenvalue weighted by Gasteiger charge is 2.21. The quantitative estimate of drug-likeness (QED) is 0.703. The van der Waals surface area contributed by atoms with E-state index in [1.54, 1.807) is 0 Å². The molecule has 0 amide bonds. The largest absolute Gasteiger partial charge is 0.491 e. The summed E-state index contributed by atoms with van der Waals surface area (Å²) in [4.78, 5) is 0. The Kier molecular flexibility index (Phi) is 5.64. The van der Waals surface area contributed by atoms with Gasteiger partial charge in [0.15, 0.2) is 0 Å². The minimum Gasteiger partial charge on any atom is -0.491 e. The highest BCUT2D eigenvalue weighted by molar-refractivity contribution is 5.30. The summed E-state index contributed by atoms with van der Waals surface area (Å²) >= 11 is 0. The fourth-order valence-electron chi connectivity index (χ4n) is 1.86. The first-order valence-electron chi connectivity index (χ1n) is 7.46. The first-order valence-corrected chi connectivity index (χ1v) is 7.46. The standard InChI is InChI=1S/C18H30O2/c1-14(17(2,3)4)15-8-10-16(11-9-15)19-12-13-20-18(5,6)7/h8-11,14H,12-13H2,1-7H3. The molecule has 0 aliphatic heterocycles. The topological polar surface area (TPSA) is 18.5 Å². The van der Waals surface area contributed by atoms with E-state index in [4.69, 9.17) is 9.47 Å². The number of rotatable bonds is 5. The van der Waals surface area contributed by atoms with Gasteiger partial charge < -0.3 is 9.47 Å². The van der Waals surface area contributed by atoms with Crippen LogP contribution in [0.3, 0.4) is 0 Å². The monoisotopic (exact) mass is 278 g/mol. The predicted molar refractivity (Wildman–Crippen MR) is 85.5 cm³/mol. The highest BCUT2D eigenvalue weighted by atomic mass is 16.5. The van der Waals surface area contributed by atoms with Crippen molar-refractivity contribution in [3.63, 3.8) is 0 Å². The molecule has 0 aliphatic carbocycles. The zero-order chi connectivity index (χ0) is 15.4. The van der Waals surface area contributed by atoms with Crippen LogP contribution < -0.4 is 4.74 Å². The second-order valence-electron chi connectivity index (χ2n) is 7.47. The van der Waals surface area contributed by atoms with Crippen molar-refractivity contribution in [1.29, 1.82) is 0 Å². The van der Waals surface area contributed by atoms with Gasteiger partial charge in [-0.1, -0.05) is 39.8 Å². The lowest BCUT2D eigenvalue weighted by Crippen LogP contribution is -2.22. The molecule has 2 heteroatoms. The molecule has 1 atom stereocenters. The van der Waals surface area contributed by atoms with Crippen molar-refractivity contribution in [2.75, 3.05) is 13.2 Å². The van der Waals surface area contributed by atoms with E-state index in [0.717, 1.165) is 5.75 Å². The van der Waals surface area contributed by atoms with E-state index in [-0.39, 0.29) is 11.0 Å². The van der Waals surface area contributed by atoms with Gasteiger partial charge in [-0.05, 0) is 49.8 Å². The average molecular weight is 278 g/mol. The summed E-state index contributed by atoms with van der Waals surface area (Å²) in [5.41, 5.74) is 1.54. The van der Waals surface area contributed by atoms with Gasteiger partial charge in [-0.15, -0.1) is 0 Å². The summed E-state index contributed by atoms with van der Waals surface area (Å²) < 4.78 is 11.3. The van der Waals surface area contributed by atoms with Gasteiger partial charge in [-0.25, -0.2) is 0 Å². The Morgan fingerprint density at radius 1 is 0.900 bits per heavy atom. The maximum atomic E-state index is 5.70. The molecule has 0 radical (unpaired) electrons. The molecule has 0 aliphatic rings. The van der Waals surface area contributed by atoms with Gasteiger partial charge in [-0.3, -0.25) is 0 Å². The molecule has 0 N–H and O–H groups in total. The summed E-state index contributed by atoms with van der Waals surface area (Å²) in [7, 11) is 0. The number of ether oxygens (including phenoxy) is 2. The number of benzene rings is 1. The second-order valence-corrected chi connectivity index (χ2v) is 7.47. The van der Waals surface area contributed by atoms with Crippen LogP contribution in [0.1, 0.15) is 59.9 Å². The molecule has 0 saturated heterocycles. The molecule has 0 bridgehead atoms. The van der Waals surface area contributed by atoms with Crippen molar-refractivity contribution in [2.24, 2.45) is 5.41 Å². The van der Waals surface area contributed by atoms with E-state index in [9.17, 15) is 0 Å². The molecule has 2 nitrogen and oxygen atoms in total. The molecule has 1 unspecified atom stereocenters. The molecule has 20 heavy (non-hydrogen) atoms. The average Bonchev–Trinajstić information content (AvgIpc) is 2.32. The van der Waals surface area contributed by atoms with Gasteiger partial charge in [0.25, 0.3) is 0 Å². The van der Waals surface area contributed by atoms with Gasteiger partial charge in [0.05, 0.1) is 12.2 Å². The van der Waals surface area contributed by atoms with Crippen LogP contribution in [0.5, 0.6) is 5.75 Å². The van der Waals surface area contributed by atoms with E-state index in [0.29, 0.717) is 19.1 Å². The molecular formula is C18H30O2. The molecule has 1 aromatic carbocycles. The van der Waals surface area contributed by atoms with E-state index in [2.05, 4.69) is 72.7 Å². The summed E-state index contributed by atoms with van der Waals surface area (Å²) in [5, 5.41) is 0. The SMILES string of the molecule is CC(c1ccc(OCCOC(C)(C)C)cc1)C(C)(C)C. The Hall–Kier alpha value is -1.02. The van der Waals surface area contributed by atoms with E-state index < -0.39 is 0 Å². The van der Waals surface area contributed by atoms with Crippen molar-refractivity contribution in [3.05, 3.63) is 29.8 Å². The van der Waals surface area contributed by atoms with E-state index in [1.165, 1.54) is 5.56 Å². The van der Waals surface area contributed by atoms with Gasteiger partial charge in [-0.2, -0.15) is 0 Å². The van der Waals surface area contributed by atoms with Gasteiger partial charge in [0.1, 0.15) is 12.4 Å². The maximum absolute atomic E-state index is 5.70. The van der Waals surface area contributed by atoms with Crippen LogP contribution in [-0.4, -0.2) is 18.8 Å². The smallest absolute Gasteiger partial charge is 0.119 e. The van der Waals surface area contributed by atoms with Crippen LogP contribution in [0.15, 0.2) is 24.3 Å². The highest BCUT2D eigenvalue weighted by Crippen LogP contribution is 2.34. The molecule has 114 valence electrons. The van der Waals surface area contributed by atoms with Gasteiger partial charge in [0, 0.05) is 0 Å². The lowest BCUT2D eigenvalue weighted by atomic mass is 9.78. The molecule has 0 aromatic heterocycles. The molecule has 1 aromatic rings. The number of hydrogen-bond donors (Lipinski definition) is 0. The molecular weight excluding hydrogens is 248 g/mol. The van der Waals surface area contributed by atoms with E-state index >= 15 is 0 Å². The summed E-state index contributed by atoms with van der Waals surface area (Å²) in [5.74, 6) is 1.44. The van der Waals surface area contributed by atoms with Crippen molar-refractivity contribution in [3.8, 4) is 5.75 Å². The number of hydrogen-bond acceptors (Lipinski definition) is 2. The van der Waals surface area contributed by atoms with Crippen LogP contribution in [0, 0.1) is 5.41 Å². The third kappa shape index (κ3) is 5.96. The fraction of sp³-hybridized carbons (Fsp3) is 0.667. The Bertz CT molecular complexity index is 393. The maximum Gasteiger partial charge on any atom is 0.119 e.